The maximum Gasteiger partial charge on any atom is 0.410 e. The first-order valence-electron chi connectivity index (χ1n) is 8.05. The van der Waals surface area contributed by atoms with E-state index in [0.717, 1.165) is 31.4 Å². The minimum absolute atomic E-state index is 0.0212. The zero-order valence-corrected chi connectivity index (χ0v) is 14.9. The molecule has 7 heteroatoms. The number of halogens is 3. The molecule has 1 heterocycles. The van der Waals surface area contributed by atoms with E-state index in [4.69, 9.17) is 16.3 Å². The van der Waals surface area contributed by atoms with Crippen LogP contribution in [0.2, 0.25) is 5.02 Å². The van der Waals surface area contributed by atoms with Crippen molar-refractivity contribution in [3.63, 3.8) is 0 Å². The van der Waals surface area contributed by atoms with Crippen molar-refractivity contribution in [2.45, 2.75) is 51.7 Å². The number of carbonyl (C=O) groups excluding carboxylic acids is 1. The molecule has 0 radical (unpaired) electrons. The fraction of sp³-hybridized carbons (Fsp3) is 0.588. The fourth-order valence-electron chi connectivity index (χ4n) is 2.70. The number of benzene rings is 1. The molecule has 1 aliphatic rings. The smallest absolute Gasteiger partial charge is 0.410 e. The highest BCUT2D eigenvalue weighted by Gasteiger charge is 2.30. The Labute approximate surface area is 146 Å². The van der Waals surface area contributed by atoms with Crippen LogP contribution in [0.5, 0.6) is 0 Å². The Bertz CT molecular complexity index is 582. The Morgan fingerprint density at radius 1 is 1.38 bits per heavy atom. The second-order valence-electron chi connectivity index (χ2n) is 6.95. The molecule has 1 saturated heterocycles. The summed E-state index contributed by atoms with van der Waals surface area (Å²) < 4.78 is 32.4. The van der Waals surface area contributed by atoms with Gasteiger partial charge in [0, 0.05) is 19.2 Å². The Balaban J connectivity index is 2.05. The van der Waals surface area contributed by atoms with E-state index in [2.05, 4.69) is 5.32 Å². The number of anilines is 1. The van der Waals surface area contributed by atoms with Gasteiger partial charge in [-0.3, -0.25) is 0 Å². The Morgan fingerprint density at radius 2 is 2.08 bits per heavy atom. The lowest BCUT2D eigenvalue weighted by molar-refractivity contribution is 0.0114. The van der Waals surface area contributed by atoms with Crippen LogP contribution in [0.3, 0.4) is 0 Å². The molecule has 1 atom stereocenters. The van der Waals surface area contributed by atoms with Crippen LogP contribution in [0.25, 0.3) is 0 Å². The highest BCUT2D eigenvalue weighted by molar-refractivity contribution is 6.33. The summed E-state index contributed by atoms with van der Waals surface area (Å²) in [6.07, 6.45) is 2.29. The summed E-state index contributed by atoms with van der Waals surface area (Å²) in [6.45, 7) is 6.36. The molecular formula is C17H23ClF2N2O2. The Kier molecular flexibility index (Phi) is 5.91. The van der Waals surface area contributed by atoms with Gasteiger partial charge in [-0.15, -0.1) is 0 Å². The second-order valence-corrected chi connectivity index (χ2v) is 7.36. The normalized spacial score (nSPS) is 18.4. The molecule has 0 spiro atoms. The van der Waals surface area contributed by atoms with Crippen LogP contribution in [-0.2, 0) is 4.74 Å². The van der Waals surface area contributed by atoms with Gasteiger partial charge in [-0.1, -0.05) is 11.6 Å². The van der Waals surface area contributed by atoms with Gasteiger partial charge < -0.3 is 15.0 Å². The van der Waals surface area contributed by atoms with Gasteiger partial charge in [-0.2, -0.15) is 0 Å². The molecule has 0 aliphatic carbocycles. The summed E-state index contributed by atoms with van der Waals surface area (Å²) in [7, 11) is 0. The molecule has 1 aromatic rings. The second kappa shape index (κ2) is 7.55. The Morgan fingerprint density at radius 3 is 2.71 bits per heavy atom. The topological polar surface area (TPSA) is 41.6 Å². The van der Waals surface area contributed by atoms with Crippen molar-refractivity contribution in [2.75, 3.05) is 18.4 Å². The van der Waals surface area contributed by atoms with Crippen LogP contribution in [0.15, 0.2) is 12.1 Å². The van der Waals surface area contributed by atoms with E-state index >= 15 is 0 Å². The van der Waals surface area contributed by atoms with Gasteiger partial charge in [-0.05, 0) is 46.1 Å². The summed E-state index contributed by atoms with van der Waals surface area (Å²) in [5.74, 6) is -1.48. The third kappa shape index (κ3) is 4.97. The van der Waals surface area contributed by atoms with Crippen LogP contribution in [-0.4, -0.2) is 35.7 Å². The molecule has 1 fully saturated rings. The largest absolute Gasteiger partial charge is 0.444 e. The van der Waals surface area contributed by atoms with Gasteiger partial charge in [0.1, 0.15) is 11.4 Å². The number of rotatable bonds is 3. The highest BCUT2D eigenvalue weighted by Crippen LogP contribution is 2.27. The summed E-state index contributed by atoms with van der Waals surface area (Å²) >= 11 is 5.89. The molecule has 1 N–H and O–H groups in total. The van der Waals surface area contributed by atoms with Crippen LogP contribution in [0, 0.1) is 11.6 Å². The standard InChI is InChI=1S/C17H23ClF2N2O2/c1-17(2,3)24-16(23)22-7-5-4-6-12(22)10-21-15-13(18)8-11(19)9-14(15)20/h8-9,12,21H,4-7,10H2,1-3H3. The number of amides is 1. The monoisotopic (exact) mass is 360 g/mol. The average Bonchev–Trinajstić information content (AvgIpc) is 2.44. The quantitative estimate of drug-likeness (QED) is 0.840. The molecule has 1 aromatic carbocycles. The van der Waals surface area contributed by atoms with Crippen molar-refractivity contribution in [1.82, 2.24) is 4.90 Å². The molecule has 1 aliphatic heterocycles. The molecule has 2 rings (SSSR count). The first-order chi connectivity index (χ1) is 11.2. The zero-order chi connectivity index (χ0) is 17.9. The molecule has 1 amide bonds. The molecule has 0 bridgehead atoms. The number of nitrogens with one attached hydrogen (secondary N) is 1. The van der Waals surface area contributed by atoms with Crippen molar-refractivity contribution >= 4 is 23.4 Å². The average molecular weight is 361 g/mol. The van der Waals surface area contributed by atoms with Gasteiger partial charge in [0.05, 0.1) is 16.8 Å². The van der Waals surface area contributed by atoms with E-state index in [1.54, 1.807) is 4.90 Å². The number of nitrogens with zero attached hydrogens (tertiary/aromatic N) is 1. The van der Waals surface area contributed by atoms with E-state index in [1.807, 2.05) is 20.8 Å². The van der Waals surface area contributed by atoms with Crippen molar-refractivity contribution < 1.29 is 18.3 Å². The number of hydrogen-bond donors (Lipinski definition) is 1. The van der Waals surface area contributed by atoms with Crippen molar-refractivity contribution in [3.8, 4) is 0 Å². The summed E-state index contributed by atoms with van der Waals surface area (Å²) in [4.78, 5) is 14.0. The van der Waals surface area contributed by atoms with E-state index in [-0.39, 0.29) is 22.8 Å². The molecule has 4 nitrogen and oxygen atoms in total. The molecule has 24 heavy (non-hydrogen) atoms. The number of piperidine rings is 1. The predicted molar refractivity (Wildman–Crippen MR) is 90.4 cm³/mol. The van der Waals surface area contributed by atoms with Crippen LogP contribution >= 0.6 is 11.6 Å². The van der Waals surface area contributed by atoms with E-state index < -0.39 is 17.2 Å². The highest BCUT2D eigenvalue weighted by atomic mass is 35.5. The maximum absolute atomic E-state index is 13.9. The van der Waals surface area contributed by atoms with Crippen LogP contribution in [0.4, 0.5) is 19.3 Å². The van der Waals surface area contributed by atoms with E-state index in [9.17, 15) is 13.6 Å². The van der Waals surface area contributed by atoms with Gasteiger partial charge in [0.25, 0.3) is 0 Å². The number of ether oxygens (including phenoxy) is 1. The third-order valence-electron chi connectivity index (χ3n) is 3.78. The van der Waals surface area contributed by atoms with Gasteiger partial charge in [-0.25, -0.2) is 13.6 Å². The summed E-state index contributed by atoms with van der Waals surface area (Å²) in [6, 6.07) is 1.70. The first-order valence-corrected chi connectivity index (χ1v) is 8.43. The van der Waals surface area contributed by atoms with Crippen molar-refractivity contribution in [3.05, 3.63) is 28.8 Å². The third-order valence-corrected chi connectivity index (χ3v) is 4.07. The summed E-state index contributed by atoms with van der Waals surface area (Å²) in [5, 5.41) is 2.88. The SMILES string of the molecule is CC(C)(C)OC(=O)N1CCCCC1CNc1c(F)cc(F)cc1Cl. The van der Waals surface area contributed by atoms with Crippen molar-refractivity contribution in [1.29, 1.82) is 0 Å². The minimum atomic E-state index is -0.750. The number of hydrogen-bond acceptors (Lipinski definition) is 3. The first kappa shape index (κ1) is 18.8. The van der Waals surface area contributed by atoms with E-state index in [0.29, 0.717) is 13.1 Å². The van der Waals surface area contributed by atoms with Gasteiger partial charge >= 0.3 is 6.09 Å². The zero-order valence-electron chi connectivity index (χ0n) is 14.2. The Hall–Kier alpha value is -1.56. The molecular weight excluding hydrogens is 338 g/mol. The summed E-state index contributed by atoms with van der Waals surface area (Å²) in [5.41, 5.74) is -0.522. The van der Waals surface area contributed by atoms with Gasteiger partial charge in [0.15, 0.2) is 5.82 Å². The fourth-order valence-corrected chi connectivity index (χ4v) is 2.97. The maximum atomic E-state index is 13.9. The van der Waals surface area contributed by atoms with E-state index in [1.165, 1.54) is 0 Å². The van der Waals surface area contributed by atoms with Crippen LogP contribution in [0.1, 0.15) is 40.0 Å². The predicted octanol–water partition coefficient (Wildman–Crippen LogP) is 4.82. The minimum Gasteiger partial charge on any atom is -0.444 e. The lowest BCUT2D eigenvalue weighted by atomic mass is 10.0. The van der Waals surface area contributed by atoms with Gasteiger partial charge in [0.2, 0.25) is 0 Å². The lowest BCUT2D eigenvalue weighted by Gasteiger charge is -2.37. The lowest BCUT2D eigenvalue weighted by Crippen LogP contribution is -2.49. The number of carbonyl (C=O) groups is 1. The van der Waals surface area contributed by atoms with Crippen LogP contribution < -0.4 is 5.32 Å². The molecule has 0 saturated carbocycles. The van der Waals surface area contributed by atoms with Crippen molar-refractivity contribution in [2.24, 2.45) is 0 Å². The molecule has 1 unspecified atom stereocenters. The number of likely N-dealkylation sites (tertiary alicyclic amines) is 1. The molecule has 134 valence electrons. The molecule has 0 aromatic heterocycles.